The van der Waals surface area contributed by atoms with Gasteiger partial charge >= 0.3 is 5.97 Å². The smallest absolute Gasteiger partial charge is 0.306 e. The number of hydrogen-bond donors (Lipinski definition) is 1. The molecule has 0 saturated heterocycles. The summed E-state index contributed by atoms with van der Waals surface area (Å²) in [6.07, 6.45) is 5.98. The van der Waals surface area contributed by atoms with Crippen molar-refractivity contribution < 1.29 is 19.1 Å². The van der Waals surface area contributed by atoms with Crippen molar-refractivity contribution in [1.29, 1.82) is 0 Å². The zero-order valence-corrected chi connectivity index (χ0v) is 14.8. The van der Waals surface area contributed by atoms with Crippen LogP contribution in [0.5, 0.6) is 0 Å². The second-order valence-corrected chi connectivity index (χ2v) is 8.21. The van der Waals surface area contributed by atoms with Gasteiger partial charge in [-0.25, -0.2) is 0 Å². The lowest BCUT2D eigenvalue weighted by Crippen LogP contribution is -2.39. The van der Waals surface area contributed by atoms with E-state index >= 15 is 0 Å². The van der Waals surface area contributed by atoms with Crippen LogP contribution in [0.2, 0.25) is 0 Å². The number of amides is 1. The SMILES string of the molecule is C[C@@H]1C[C@H]1c1ccc(CN(C(=O)C2CCC(C(=O)O)CC2)C2CC2)o1. The Morgan fingerprint density at radius 1 is 1.12 bits per heavy atom. The zero-order chi connectivity index (χ0) is 17.6. The summed E-state index contributed by atoms with van der Waals surface area (Å²) in [5, 5.41) is 9.13. The van der Waals surface area contributed by atoms with E-state index in [-0.39, 0.29) is 17.7 Å². The van der Waals surface area contributed by atoms with E-state index in [4.69, 9.17) is 9.52 Å². The van der Waals surface area contributed by atoms with Crippen molar-refractivity contribution in [2.45, 2.75) is 70.4 Å². The van der Waals surface area contributed by atoms with Crippen molar-refractivity contribution in [3.63, 3.8) is 0 Å². The number of carboxylic acids is 1. The number of carbonyl (C=O) groups is 2. The lowest BCUT2D eigenvalue weighted by Gasteiger charge is -2.30. The Kier molecular flexibility index (Phi) is 4.34. The zero-order valence-electron chi connectivity index (χ0n) is 14.8. The molecule has 0 aliphatic heterocycles. The molecule has 3 fully saturated rings. The van der Waals surface area contributed by atoms with E-state index in [1.807, 2.05) is 11.0 Å². The third-order valence-electron chi connectivity index (χ3n) is 6.18. The van der Waals surface area contributed by atoms with Crippen LogP contribution in [0.15, 0.2) is 16.5 Å². The second kappa shape index (κ2) is 6.50. The van der Waals surface area contributed by atoms with Crippen LogP contribution >= 0.6 is 0 Å². The normalized spacial score (nSPS) is 31.6. The summed E-state index contributed by atoms with van der Waals surface area (Å²) >= 11 is 0. The van der Waals surface area contributed by atoms with Crippen molar-refractivity contribution in [2.24, 2.45) is 17.8 Å². The van der Waals surface area contributed by atoms with Gasteiger partial charge in [0.15, 0.2) is 0 Å². The quantitative estimate of drug-likeness (QED) is 0.851. The maximum absolute atomic E-state index is 13.0. The number of furan rings is 1. The van der Waals surface area contributed by atoms with Gasteiger partial charge in [-0.05, 0) is 63.0 Å². The van der Waals surface area contributed by atoms with E-state index in [2.05, 4.69) is 13.0 Å². The summed E-state index contributed by atoms with van der Waals surface area (Å²) < 4.78 is 6.00. The van der Waals surface area contributed by atoms with Crippen LogP contribution in [0, 0.1) is 17.8 Å². The van der Waals surface area contributed by atoms with Gasteiger partial charge < -0.3 is 14.4 Å². The van der Waals surface area contributed by atoms with Gasteiger partial charge in [0.1, 0.15) is 11.5 Å². The number of rotatable bonds is 6. The average molecular weight is 345 g/mol. The van der Waals surface area contributed by atoms with E-state index in [0.717, 1.165) is 24.4 Å². The van der Waals surface area contributed by atoms with Gasteiger partial charge in [-0.1, -0.05) is 6.92 Å². The highest BCUT2D eigenvalue weighted by atomic mass is 16.4. The molecular weight excluding hydrogens is 318 g/mol. The molecule has 2 atom stereocenters. The molecule has 1 N–H and O–H groups in total. The van der Waals surface area contributed by atoms with Crippen molar-refractivity contribution in [3.05, 3.63) is 23.7 Å². The van der Waals surface area contributed by atoms with Crippen molar-refractivity contribution >= 4 is 11.9 Å². The molecule has 3 aliphatic rings. The highest BCUT2D eigenvalue weighted by Crippen LogP contribution is 2.47. The van der Waals surface area contributed by atoms with E-state index in [1.54, 1.807) is 0 Å². The lowest BCUT2D eigenvalue weighted by atomic mass is 9.81. The molecule has 0 bridgehead atoms. The molecule has 136 valence electrons. The molecule has 3 saturated carbocycles. The first-order chi connectivity index (χ1) is 12.0. The molecule has 0 radical (unpaired) electrons. The fourth-order valence-electron chi connectivity index (χ4n) is 4.16. The molecule has 25 heavy (non-hydrogen) atoms. The fraction of sp³-hybridized carbons (Fsp3) is 0.700. The van der Waals surface area contributed by atoms with E-state index in [1.165, 1.54) is 6.42 Å². The predicted octanol–water partition coefficient (Wildman–Crippen LogP) is 3.79. The van der Waals surface area contributed by atoms with Crippen molar-refractivity contribution in [2.75, 3.05) is 0 Å². The molecule has 1 aromatic heterocycles. The minimum Gasteiger partial charge on any atom is -0.481 e. The largest absolute Gasteiger partial charge is 0.481 e. The van der Waals surface area contributed by atoms with Crippen molar-refractivity contribution in [3.8, 4) is 0 Å². The van der Waals surface area contributed by atoms with Gasteiger partial charge in [0, 0.05) is 17.9 Å². The molecule has 1 amide bonds. The van der Waals surface area contributed by atoms with Gasteiger partial charge in [0.05, 0.1) is 12.5 Å². The van der Waals surface area contributed by atoms with Crippen LogP contribution in [0.3, 0.4) is 0 Å². The Balaban J connectivity index is 1.38. The summed E-state index contributed by atoms with van der Waals surface area (Å²) in [6.45, 7) is 2.80. The fourth-order valence-corrected chi connectivity index (χ4v) is 4.16. The molecule has 4 rings (SSSR count). The minimum absolute atomic E-state index is 0.0194. The Morgan fingerprint density at radius 2 is 1.76 bits per heavy atom. The Bertz CT molecular complexity index is 654. The molecule has 0 spiro atoms. The third-order valence-corrected chi connectivity index (χ3v) is 6.18. The van der Waals surface area contributed by atoms with Crippen LogP contribution in [0.25, 0.3) is 0 Å². The number of carboxylic acid groups (broad SMARTS) is 1. The molecule has 5 nitrogen and oxygen atoms in total. The maximum atomic E-state index is 13.0. The minimum atomic E-state index is -0.720. The Hall–Kier alpha value is -1.78. The van der Waals surface area contributed by atoms with E-state index in [9.17, 15) is 9.59 Å². The monoisotopic (exact) mass is 345 g/mol. The third kappa shape index (κ3) is 3.60. The van der Waals surface area contributed by atoms with E-state index in [0.29, 0.717) is 50.1 Å². The van der Waals surface area contributed by atoms with E-state index < -0.39 is 5.97 Å². The van der Waals surface area contributed by atoms with Crippen LogP contribution in [-0.2, 0) is 16.1 Å². The second-order valence-electron chi connectivity index (χ2n) is 8.21. The van der Waals surface area contributed by atoms with Crippen LogP contribution < -0.4 is 0 Å². The first kappa shape index (κ1) is 16.7. The topological polar surface area (TPSA) is 70.8 Å². The first-order valence-electron chi connectivity index (χ1n) is 9.65. The summed E-state index contributed by atoms with van der Waals surface area (Å²) in [6, 6.07) is 4.43. The standard InChI is InChI=1S/C20H27NO4/c1-12-10-17(12)18-9-8-16(25-18)11-21(15-6-7-15)19(22)13-2-4-14(5-3-13)20(23)24/h8-9,12-15,17H,2-7,10-11H2,1H3,(H,23,24)/t12-,13?,14?,17-/m1/s1. The lowest BCUT2D eigenvalue weighted by molar-refractivity contribution is -0.146. The maximum Gasteiger partial charge on any atom is 0.306 e. The van der Waals surface area contributed by atoms with Crippen LogP contribution in [-0.4, -0.2) is 27.9 Å². The highest BCUT2D eigenvalue weighted by molar-refractivity contribution is 5.80. The molecule has 1 heterocycles. The number of carbonyl (C=O) groups excluding carboxylic acids is 1. The van der Waals surface area contributed by atoms with Gasteiger partial charge in [-0.15, -0.1) is 0 Å². The Labute approximate surface area is 148 Å². The van der Waals surface area contributed by atoms with Crippen LogP contribution in [0.1, 0.15) is 69.3 Å². The van der Waals surface area contributed by atoms with Gasteiger partial charge in [-0.3, -0.25) is 9.59 Å². The molecule has 5 heteroatoms. The van der Waals surface area contributed by atoms with Crippen LogP contribution in [0.4, 0.5) is 0 Å². The van der Waals surface area contributed by atoms with Gasteiger partial charge in [0.2, 0.25) is 5.91 Å². The number of aliphatic carboxylic acids is 1. The Morgan fingerprint density at radius 3 is 2.32 bits per heavy atom. The number of nitrogens with zero attached hydrogens (tertiary/aromatic N) is 1. The molecule has 0 unspecified atom stereocenters. The summed E-state index contributed by atoms with van der Waals surface area (Å²) in [4.78, 5) is 26.1. The first-order valence-corrected chi connectivity index (χ1v) is 9.65. The average Bonchev–Trinajstić information content (AvgIpc) is 3.53. The highest BCUT2D eigenvalue weighted by Gasteiger charge is 2.39. The van der Waals surface area contributed by atoms with Gasteiger partial charge in [0.25, 0.3) is 0 Å². The summed E-state index contributed by atoms with van der Waals surface area (Å²) in [7, 11) is 0. The summed E-state index contributed by atoms with van der Waals surface area (Å²) in [5.41, 5.74) is 0. The predicted molar refractivity (Wildman–Crippen MR) is 91.9 cm³/mol. The van der Waals surface area contributed by atoms with Crippen molar-refractivity contribution in [1.82, 2.24) is 4.90 Å². The molecule has 0 aromatic carbocycles. The molecule has 3 aliphatic carbocycles. The summed E-state index contributed by atoms with van der Waals surface area (Å²) in [5.74, 6) is 2.41. The molecule has 1 aromatic rings. The van der Waals surface area contributed by atoms with Gasteiger partial charge in [-0.2, -0.15) is 0 Å². The molecular formula is C20H27NO4. The number of hydrogen-bond acceptors (Lipinski definition) is 3.